The van der Waals surface area contributed by atoms with Crippen LogP contribution in [-0.2, 0) is 5.41 Å². The number of fused-ring (bicyclic) bond motifs is 6. The molecule has 0 atom stereocenters. The highest BCUT2D eigenvalue weighted by Gasteiger charge is 2.39. The number of hydrogen-bond acceptors (Lipinski definition) is 1. The minimum Gasteiger partial charge on any atom is -0.310 e. The first kappa shape index (κ1) is 38.7. The minimum absolute atomic E-state index is 0.0506. The van der Waals surface area contributed by atoms with Gasteiger partial charge in [-0.3, -0.25) is 0 Å². The lowest BCUT2D eigenvalue weighted by Gasteiger charge is -2.26. The zero-order valence-electron chi connectivity index (χ0n) is 36.7. The van der Waals surface area contributed by atoms with Gasteiger partial charge in [0.05, 0.1) is 11.0 Å². The molecular weight excluding hydrogens is 785 g/mol. The van der Waals surface area contributed by atoms with E-state index in [0.717, 1.165) is 29.9 Å². The Balaban J connectivity index is 0.889. The maximum absolute atomic E-state index is 2.47. The van der Waals surface area contributed by atoms with Crippen LogP contribution in [0.2, 0.25) is 0 Å². The Morgan fingerprint density at radius 3 is 1.62 bits per heavy atom. The van der Waals surface area contributed by atoms with Gasteiger partial charge in [-0.15, -0.1) is 0 Å². The maximum Gasteiger partial charge on any atom is 0.0544 e. The first-order valence-electron chi connectivity index (χ1n) is 22.9. The van der Waals surface area contributed by atoms with E-state index < -0.39 is 0 Å². The second-order valence-corrected chi connectivity index (χ2v) is 18.0. The molecule has 0 saturated carbocycles. The molecule has 0 amide bonds. The van der Waals surface area contributed by atoms with Crippen molar-refractivity contribution in [3.05, 3.63) is 247 Å². The summed E-state index contributed by atoms with van der Waals surface area (Å²) in [5.41, 5.74) is 22.4. The summed E-state index contributed by atoms with van der Waals surface area (Å²) in [5, 5.41) is 2.71. The number of rotatable bonds is 8. The van der Waals surface area contributed by atoms with Crippen LogP contribution in [0, 0.1) is 0 Å². The third-order valence-corrected chi connectivity index (χ3v) is 13.9. The topological polar surface area (TPSA) is 8.17 Å². The number of para-hydroxylation sites is 1. The minimum atomic E-state index is -0.0506. The highest BCUT2D eigenvalue weighted by atomic mass is 15.1. The summed E-state index contributed by atoms with van der Waals surface area (Å²) in [6.45, 7) is 4.83. The highest BCUT2D eigenvalue weighted by molar-refractivity contribution is 6.14. The molecule has 0 saturated heterocycles. The number of hydrogen-bond donors (Lipinski definition) is 0. The molecule has 0 bridgehead atoms. The average Bonchev–Trinajstić information content (AvgIpc) is 3.83. The van der Waals surface area contributed by atoms with Crippen molar-refractivity contribution in [3.63, 3.8) is 0 Å². The van der Waals surface area contributed by atoms with Gasteiger partial charge in [-0.25, -0.2) is 0 Å². The van der Waals surface area contributed by atoms with E-state index >= 15 is 0 Å². The highest BCUT2D eigenvalue weighted by Crippen LogP contribution is 2.54. The van der Waals surface area contributed by atoms with Crippen molar-refractivity contribution in [2.45, 2.75) is 32.1 Å². The predicted molar refractivity (Wildman–Crippen MR) is 276 cm³/mol. The van der Waals surface area contributed by atoms with Crippen LogP contribution in [-0.4, -0.2) is 4.57 Å². The monoisotopic (exact) mass is 832 g/mol. The van der Waals surface area contributed by atoms with E-state index in [0.29, 0.717) is 0 Å². The maximum atomic E-state index is 2.47. The molecule has 12 rings (SSSR count). The molecule has 2 nitrogen and oxygen atoms in total. The van der Waals surface area contributed by atoms with Crippen LogP contribution in [0.5, 0.6) is 0 Å². The lowest BCUT2D eigenvalue weighted by atomic mass is 9.78. The Bertz CT molecular complexity index is 3380. The number of aromatic nitrogens is 1. The molecule has 1 heterocycles. The first-order valence-corrected chi connectivity index (χ1v) is 22.9. The molecule has 65 heavy (non-hydrogen) atoms. The molecule has 2 aliphatic rings. The van der Waals surface area contributed by atoms with Crippen molar-refractivity contribution >= 4 is 44.4 Å². The molecule has 0 radical (unpaired) electrons. The lowest BCUT2D eigenvalue weighted by Crippen LogP contribution is -2.17. The summed E-state index contributed by atoms with van der Waals surface area (Å²) in [6.07, 6.45) is 6.98. The summed E-state index contributed by atoms with van der Waals surface area (Å²) in [4.78, 5) is 2.36. The van der Waals surface area contributed by atoms with Gasteiger partial charge in [0.15, 0.2) is 0 Å². The van der Waals surface area contributed by atoms with Crippen molar-refractivity contribution in [2.24, 2.45) is 0 Å². The molecule has 310 valence electrons. The zero-order chi connectivity index (χ0) is 43.5. The Hall–Kier alpha value is -7.94. The van der Waals surface area contributed by atoms with Crippen LogP contribution < -0.4 is 4.90 Å². The van der Waals surface area contributed by atoms with Gasteiger partial charge in [0.1, 0.15) is 0 Å². The SMILES string of the molecule is CC1(C)C2=C(CCC=C2)c2ccc3c(c21)c1ccccc1n3-c1ccc(-c2cccc(-c3cccc(N(c4ccc(-c5ccccc5)cc4)c4ccc(-c5ccccc5)cc4)c3)c2)cc1. The Morgan fingerprint density at radius 2 is 0.954 bits per heavy atom. The van der Waals surface area contributed by atoms with Gasteiger partial charge in [0.2, 0.25) is 0 Å². The van der Waals surface area contributed by atoms with E-state index in [-0.39, 0.29) is 5.41 Å². The Morgan fingerprint density at radius 1 is 0.431 bits per heavy atom. The van der Waals surface area contributed by atoms with Crippen molar-refractivity contribution in [1.82, 2.24) is 4.57 Å². The molecule has 0 spiro atoms. The summed E-state index contributed by atoms with van der Waals surface area (Å²) in [6, 6.07) is 79.8. The Labute approximate surface area is 381 Å². The molecule has 0 unspecified atom stereocenters. The molecule has 2 heteroatoms. The summed E-state index contributed by atoms with van der Waals surface area (Å²) in [7, 11) is 0. The van der Waals surface area contributed by atoms with Crippen LogP contribution in [0.25, 0.3) is 77.6 Å². The summed E-state index contributed by atoms with van der Waals surface area (Å²) < 4.78 is 2.47. The van der Waals surface area contributed by atoms with Crippen LogP contribution >= 0.6 is 0 Å². The van der Waals surface area contributed by atoms with Gasteiger partial charge in [-0.2, -0.15) is 0 Å². The van der Waals surface area contributed by atoms with Gasteiger partial charge >= 0.3 is 0 Å². The average molecular weight is 833 g/mol. The van der Waals surface area contributed by atoms with Gasteiger partial charge in [-0.05, 0) is 146 Å². The van der Waals surface area contributed by atoms with Crippen molar-refractivity contribution in [3.8, 4) is 50.2 Å². The smallest absolute Gasteiger partial charge is 0.0544 e. The fourth-order valence-corrected chi connectivity index (χ4v) is 10.7. The van der Waals surface area contributed by atoms with Crippen LogP contribution in [0.15, 0.2) is 236 Å². The lowest BCUT2D eigenvalue weighted by molar-refractivity contribution is 0.657. The Kier molecular flexibility index (Phi) is 9.35. The van der Waals surface area contributed by atoms with Gasteiger partial charge < -0.3 is 9.47 Å². The van der Waals surface area contributed by atoms with E-state index in [2.05, 4.69) is 254 Å². The fourth-order valence-electron chi connectivity index (χ4n) is 10.7. The molecule has 2 aliphatic carbocycles. The predicted octanol–water partition coefficient (Wildman–Crippen LogP) is 17.3. The number of allylic oxidation sites excluding steroid dienone is 4. The normalized spacial score (nSPS) is 13.9. The fraction of sp³-hybridized carbons (Fsp3) is 0.0794. The molecule has 0 aliphatic heterocycles. The van der Waals surface area contributed by atoms with Crippen LogP contribution in [0.1, 0.15) is 37.8 Å². The number of anilines is 3. The molecule has 0 N–H and O–H groups in total. The van der Waals surface area contributed by atoms with Crippen LogP contribution in [0.4, 0.5) is 17.1 Å². The number of nitrogens with zero attached hydrogens (tertiary/aromatic N) is 2. The van der Waals surface area contributed by atoms with Crippen molar-refractivity contribution in [2.75, 3.05) is 4.90 Å². The third-order valence-electron chi connectivity index (χ3n) is 13.9. The van der Waals surface area contributed by atoms with Gasteiger partial charge in [-0.1, -0.05) is 178 Å². The molecular formula is C63H48N2. The second-order valence-electron chi connectivity index (χ2n) is 18.0. The van der Waals surface area contributed by atoms with E-state index in [1.807, 2.05) is 0 Å². The summed E-state index contributed by atoms with van der Waals surface area (Å²) >= 11 is 0. The first-order chi connectivity index (χ1) is 32.0. The summed E-state index contributed by atoms with van der Waals surface area (Å²) in [5.74, 6) is 0. The van der Waals surface area contributed by atoms with Gasteiger partial charge in [0, 0.05) is 38.9 Å². The molecule has 0 fully saturated rings. The number of benzene rings is 9. The van der Waals surface area contributed by atoms with Crippen LogP contribution in [0.3, 0.4) is 0 Å². The molecule has 9 aromatic carbocycles. The van der Waals surface area contributed by atoms with E-state index in [4.69, 9.17) is 0 Å². The van der Waals surface area contributed by atoms with Crippen molar-refractivity contribution in [1.29, 1.82) is 0 Å². The third kappa shape index (κ3) is 6.64. The standard InChI is InChI=1S/C63H48N2/c1-63(2)58-25-11-9-23-55(58)56-39-40-60-61(62(56)63)57-24-10-12-26-59(57)65(60)53-37-31-47(32-38-53)48-19-13-20-49(41-48)50-21-14-22-54(42-50)64(51-33-27-45(28-34-51)43-15-5-3-6-16-43)52-35-29-46(30-36-52)44-17-7-4-8-18-44/h3-8,10-22,24-42H,9,23H2,1-2H3. The van der Waals surface area contributed by atoms with Gasteiger partial charge in [0.25, 0.3) is 0 Å². The quantitative estimate of drug-likeness (QED) is 0.148. The van der Waals surface area contributed by atoms with E-state index in [9.17, 15) is 0 Å². The largest absolute Gasteiger partial charge is 0.310 e. The van der Waals surface area contributed by atoms with Crippen molar-refractivity contribution < 1.29 is 0 Å². The van der Waals surface area contributed by atoms with E-state index in [1.165, 1.54) is 94.3 Å². The molecule has 1 aromatic heterocycles. The molecule has 10 aromatic rings. The zero-order valence-corrected chi connectivity index (χ0v) is 36.7. The van der Waals surface area contributed by atoms with E-state index in [1.54, 1.807) is 0 Å². The second kappa shape index (κ2) is 15.7.